The highest BCUT2D eigenvalue weighted by molar-refractivity contribution is 7.13. The molecule has 8 heteroatoms. The van der Waals surface area contributed by atoms with Gasteiger partial charge in [-0.25, -0.2) is 4.98 Å². The molecule has 2 fully saturated rings. The van der Waals surface area contributed by atoms with Gasteiger partial charge in [0, 0.05) is 37.6 Å². The molecule has 0 aromatic carbocycles. The number of amides is 2. The Balaban J connectivity index is 1.40. The van der Waals surface area contributed by atoms with Crippen molar-refractivity contribution in [3.63, 3.8) is 0 Å². The molecular weight excluding hydrogens is 362 g/mol. The van der Waals surface area contributed by atoms with E-state index in [9.17, 15) is 9.59 Å². The zero-order valence-corrected chi connectivity index (χ0v) is 16.0. The van der Waals surface area contributed by atoms with Crippen molar-refractivity contribution in [3.8, 4) is 0 Å². The average molecular weight is 385 g/mol. The summed E-state index contributed by atoms with van der Waals surface area (Å²) in [5, 5.41) is 2.58. The van der Waals surface area contributed by atoms with E-state index in [-0.39, 0.29) is 11.3 Å². The maximum absolute atomic E-state index is 12.4. The first kappa shape index (κ1) is 17.9. The molecule has 2 aromatic heterocycles. The highest BCUT2D eigenvalue weighted by Crippen LogP contribution is 2.41. The minimum atomic E-state index is -0.484. The number of carbonyl (C=O) groups is 2. The van der Waals surface area contributed by atoms with Gasteiger partial charge < -0.3 is 15.5 Å². The van der Waals surface area contributed by atoms with Gasteiger partial charge in [-0.3, -0.25) is 14.6 Å². The molecule has 2 saturated heterocycles. The minimum absolute atomic E-state index is 0.170. The molecule has 7 nitrogen and oxygen atoms in total. The van der Waals surface area contributed by atoms with Crippen molar-refractivity contribution in [1.82, 2.24) is 14.9 Å². The summed E-state index contributed by atoms with van der Waals surface area (Å²) in [6.07, 6.45) is 5.36. The molecule has 2 aliphatic heterocycles. The number of nitrogens with zero attached hydrogens (tertiary/aromatic N) is 4. The summed E-state index contributed by atoms with van der Waals surface area (Å²) < 4.78 is 0. The van der Waals surface area contributed by atoms with Gasteiger partial charge in [0.15, 0.2) is 5.13 Å². The molecule has 2 amide bonds. The van der Waals surface area contributed by atoms with Crippen molar-refractivity contribution >= 4 is 28.3 Å². The molecule has 27 heavy (non-hydrogen) atoms. The SMILES string of the molecule is NC(=O)c1csc(N2CCC3(CCC(=O)N(Cc4ccccn4)C3)CC2)n1. The number of hydrogen-bond acceptors (Lipinski definition) is 6. The summed E-state index contributed by atoms with van der Waals surface area (Å²) in [5.74, 6) is -0.262. The van der Waals surface area contributed by atoms with E-state index >= 15 is 0 Å². The van der Waals surface area contributed by atoms with Gasteiger partial charge in [-0.2, -0.15) is 0 Å². The lowest BCUT2D eigenvalue weighted by Gasteiger charge is -2.47. The van der Waals surface area contributed by atoms with Crippen LogP contribution in [-0.4, -0.2) is 46.3 Å². The highest BCUT2D eigenvalue weighted by Gasteiger charge is 2.41. The number of aromatic nitrogens is 2. The van der Waals surface area contributed by atoms with E-state index in [0.717, 1.165) is 49.7 Å². The maximum atomic E-state index is 12.4. The van der Waals surface area contributed by atoms with Crippen molar-refractivity contribution in [3.05, 3.63) is 41.2 Å². The van der Waals surface area contributed by atoms with E-state index in [2.05, 4.69) is 14.9 Å². The second kappa shape index (κ2) is 7.26. The molecule has 0 unspecified atom stereocenters. The lowest BCUT2D eigenvalue weighted by Crippen LogP contribution is -2.51. The standard InChI is InChI=1S/C19H23N5O2S/c20-17(26)15-12-27-18(22-15)23-9-6-19(7-10-23)5-4-16(25)24(13-19)11-14-3-1-2-8-21-14/h1-3,8,12H,4-7,9-11,13H2,(H2,20,26). The van der Waals surface area contributed by atoms with Crippen LogP contribution >= 0.6 is 11.3 Å². The third-order valence-electron chi connectivity index (χ3n) is 5.67. The minimum Gasteiger partial charge on any atom is -0.364 e. The Kier molecular flexibility index (Phi) is 4.82. The molecule has 0 radical (unpaired) electrons. The number of piperidine rings is 2. The highest BCUT2D eigenvalue weighted by atomic mass is 32.1. The number of hydrogen-bond donors (Lipinski definition) is 1. The number of pyridine rings is 1. The monoisotopic (exact) mass is 385 g/mol. The van der Waals surface area contributed by atoms with Crippen LogP contribution in [0.3, 0.4) is 0 Å². The lowest BCUT2D eigenvalue weighted by atomic mass is 9.72. The molecule has 4 heterocycles. The Hall–Kier alpha value is -2.48. The summed E-state index contributed by atoms with van der Waals surface area (Å²) in [7, 11) is 0. The molecular formula is C19H23N5O2S. The predicted molar refractivity (Wildman–Crippen MR) is 103 cm³/mol. The first-order chi connectivity index (χ1) is 13.0. The van der Waals surface area contributed by atoms with E-state index < -0.39 is 5.91 Å². The van der Waals surface area contributed by atoms with Gasteiger partial charge in [0.25, 0.3) is 5.91 Å². The van der Waals surface area contributed by atoms with Crippen LogP contribution < -0.4 is 10.6 Å². The van der Waals surface area contributed by atoms with E-state index in [1.807, 2.05) is 23.1 Å². The quantitative estimate of drug-likeness (QED) is 0.869. The van der Waals surface area contributed by atoms with E-state index in [0.29, 0.717) is 18.7 Å². The summed E-state index contributed by atoms with van der Waals surface area (Å²) in [5.41, 5.74) is 6.74. The summed E-state index contributed by atoms with van der Waals surface area (Å²) in [6, 6.07) is 5.82. The number of rotatable bonds is 4. The van der Waals surface area contributed by atoms with Crippen molar-refractivity contribution < 1.29 is 9.59 Å². The zero-order valence-electron chi connectivity index (χ0n) is 15.1. The molecule has 142 valence electrons. The summed E-state index contributed by atoms with van der Waals surface area (Å²) in [4.78, 5) is 36.6. The summed E-state index contributed by atoms with van der Waals surface area (Å²) >= 11 is 1.46. The van der Waals surface area contributed by atoms with Crippen molar-refractivity contribution in [2.75, 3.05) is 24.5 Å². The lowest BCUT2D eigenvalue weighted by molar-refractivity contribution is -0.139. The maximum Gasteiger partial charge on any atom is 0.268 e. The van der Waals surface area contributed by atoms with Gasteiger partial charge in [-0.1, -0.05) is 6.07 Å². The largest absolute Gasteiger partial charge is 0.364 e. The topological polar surface area (TPSA) is 92.4 Å². The van der Waals surface area contributed by atoms with Gasteiger partial charge in [0.1, 0.15) is 5.69 Å². The second-order valence-corrected chi connectivity index (χ2v) is 8.27. The normalized spacial score (nSPS) is 19.5. The van der Waals surface area contributed by atoms with E-state index in [1.54, 1.807) is 11.6 Å². The van der Waals surface area contributed by atoms with Gasteiger partial charge in [0.2, 0.25) is 5.91 Å². The van der Waals surface area contributed by atoms with Crippen LogP contribution in [0.15, 0.2) is 29.8 Å². The molecule has 4 rings (SSSR count). The number of primary amides is 1. The summed E-state index contributed by atoms with van der Waals surface area (Å²) in [6.45, 7) is 3.15. The number of thiazole rings is 1. The Morgan fingerprint density at radius 3 is 2.74 bits per heavy atom. The number of carbonyl (C=O) groups excluding carboxylic acids is 2. The molecule has 1 spiro atoms. The second-order valence-electron chi connectivity index (χ2n) is 7.44. The van der Waals surface area contributed by atoms with Crippen LogP contribution in [0.5, 0.6) is 0 Å². The number of anilines is 1. The van der Waals surface area contributed by atoms with Crippen molar-refractivity contribution in [2.24, 2.45) is 11.1 Å². The zero-order chi connectivity index (χ0) is 18.9. The fourth-order valence-corrected chi connectivity index (χ4v) is 4.91. The van der Waals surface area contributed by atoms with Crippen LogP contribution in [-0.2, 0) is 11.3 Å². The van der Waals surface area contributed by atoms with Gasteiger partial charge in [0.05, 0.1) is 12.2 Å². The predicted octanol–water partition coefficient (Wildman–Crippen LogP) is 2.05. The number of nitrogens with two attached hydrogens (primary N) is 1. The van der Waals surface area contributed by atoms with Crippen molar-refractivity contribution in [2.45, 2.75) is 32.2 Å². The first-order valence-electron chi connectivity index (χ1n) is 9.23. The smallest absolute Gasteiger partial charge is 0.268 e. The third kappa shape index (κ3) is 3.80. The fraction of sp³-hybridized carbons (Fsp3) is 0.474. The Morgan fingerprint density at radius 1 is 1.26 bits per heavy atom. The van der Waals surface area contributed by atoms with Crippen molar-refractivity contribution in [1.29, 1.82) is 0 Å². The van der Waals surface area contributed by atoms with Crippen LogP contribution in [0.2, 0.25) is 0 Å². The molecule has 2 N–H and O–H groups in total. The molecule has 0 aliphatic carbocycles. The van der Waals surface area contributed by atoms with Gasteiger partial charge in [-0.15, -0.1) is 11.3 Å². The van der Waals surface area contributed by atoms with Gasteiger partial charge >= 0.3 is 0 Å². The Morgan fingerprint density at radius 2 is 2.07 bits per heavy atom. The Labute approximate surface area is 162 Å². The van der Waals surface area contributed by atoms with E-state index in [1.165, 1.54) is 11.3 Å². The van der Waals surface area contributed by atoms with Crippen LogP contribution in [0.1, 0.15) is 41.9 Å². The van der Waals surface area contributed by atoms with Gasteiger partial charge in [-0.05, 0) is 36.8 Å². The molecule has 0 bridgehead atoms. The third-order valence-corrected chi connectivity index (χ3v) is 6.57. The average Bonchev–Trinajstić information content (AvgIpc) is 3.17. The molecule has 2 aromatic rings. The first-order valence-corrected chi connectivity index (χ1v) is 10.1. The fourth-order valence-electron chi connectivity index (χ4n) is 4.04. The van der Waals surface area contributed by atoms with Crippen LogP contribution in [0.25, 0.3) is 0 Å². The molecule has 2 aliphatic rings. The van der Waals surface area contributed by atoms with E-state index in [4.69, 9.17) is 5.73 Å². The Bertz CT molecular complexity index is 830. The molecule has 0 saturated carbocycles. The van der Waals surface area contributed by atoms with Crippen LogP contribution in [0, 0.1) is 5.41 Å². The number of likely N-dealkylation sites (tertiary alicyclic amines) is 1. The van der Waals surface area contributed by atoms with Crippen LogP contribution in [0.4, 0.5) is 5.13 Å². The molecule has 0 atom stereocenters.